The summed E-state index contributed by atoms with van der Waals surface area (Å²) in [5.74, 6) is -7.97. The highest BCUT2D eigenvalue weighted by Crippen LogP contribution is 2.33. The average molecular weight is 370 g/mol. The quantitative estimate of drug-likeness (QED) is 0.315. The van der Waals surface area contributed by atoms with Crippen LogP contribution in [0.3, 0.4) is 0 Å². The fraction of sp³-hybridized carbons (Fsp3) is 0.263. The molecule has 0 radical (unpaired) electrons. The van der Waals surface area contributed by atoms with E-state index in [0.29, 0.717) is 23.0 Å². The lowest BCUT2D eigenvalue weighted by atomic mass is 9.94. The molecule has 0 amide bonds. The molecule has 0 atom stereocenters. The van der Waals surface area contributed by atoms with E-state index in [1.54, 1.807) is 38.1 Å². The molecule has 2 nitrogen and oxygen atoms in total. The Kier molecular flexibility index (Phi) is 4.89. The molecular weight excluding hydrogens is 355 g/mol. The second kappa shape index (κ2) is 6.97. The number of hydrogen-bond donors (Lipinski definition) is 0. The fourth-order valence-electron chi connectivity index (χ4n) is 2.86. The predicted octanol–water partition coefficient (Wildman–Crippen LogP) is 5.95. The maximum Gasteiger partial charge on any atom is 0.200 e. The van der Waals surface area contributed by atoms with Crippen molar-refractivity contribution in [3.63, 3.8) is 0 Å². The van der Waals surface area contributed by atoms with E-state index in [2.05, 4.69) is 0 Å². The molecule has 0 spiro atoms. The van der Waals surface area contributed by atoms with Gasteiger partial charge in [0.25, 0.3) is 0 Å². The molecule has 0 fully saturated rings. The first-order valence-corrected chi connectivity index (χ1v) is 7.92. The Labute approximate surface area is 146 Å². The van der Waals surface area contributed by atoms with E-state index in [4.69, 9.17) is 8.83 Å². The van der Waals surface area contributed by atoms with Crippen molar-refractivity contribution in [1.82, 2.24) is 0 Å². The van der Waals surface area contributed by atoms with Gasteiger partial charge in [-0.2, -0.15) is 0 Å². The van der Waals surface area contributed by atoms with Gasteiger partial charge in [-0.25, -0.2) is 22.0 Å². The van der Waals surface area contributed by atoms with Gasteiger partial charge in [0.05, 0.1) is 5.92 Å². The first-order chi connectivity index (χ1) is 12.3. The Bertz CT molecular complexity index is 872. The number of halogens is 5. The first-order valence-electron chi connectivity index (χ1n) is 7.92. The van der Waals surface area contributed by atoms with Gasteiger partial charge in [-0.05, 0) is 51.0 Å². The van der Waals surface area contributed by atoms with Gasteiger partial charge in [0.1, 0.15) is 23.0 Å². The van der Waals surface area contributed by atoms with Crippen LogP contribution in [0.2, 0.25) is 0 Å². The summed E-state index contributed by atoms with van der Waals surface area (Å²) < 4.78 is 78.9. The van der Waals surface area contributed by atoms with Crippen molar-refractivity contribution >= 4 is 0 Å². The summed E-state index contributed by atoms with van der Waals surface area (Å²) in [5, 5.41) is 0. The molecule has 138 valence electrons. The summed E-state index contributed by atoms with van der Waals surface area (Å²) in [7, 11) is 0. The van der Waals surface area contributed by atoms with Crippen LogP contribution in [0.25, 0.3) is 0 Å². The van der Waals surface area contributed by atoms with Crippen molar-refractivity contribution in [3.05, 3.63) is 82.0 Å². The largest absolute Gasteiger partial charge is 0.466 e. The normalized spacial score (nSPS) is 11.5. The number of rotatable bonds is 5. The third kappa shape index (κ3) is 3.25. The average Bonchev–Trinajstić information content (AvgIpc) is 3.23. The molecule has 3 rings (SSSR count). The van der Waals surface area contributed by atoms with Crippen LogP contribution < -0.4 is 0 Å². The maximum atomic E-state index is 13.9. The van der Waals surface area contributed by atoms with E-state index in [-0.39, 0.29) is 12.8 Å². The second-order valence-electron chi connectivity index (χ2n) is 6.04. The van der Waals surface area contributed by atoms with E-state index in [1.165, 1.54) is 0 Å². The lowest BCUT2D eigenvalue weighted by Gasteiger charge is -2.14. The van der Waals surface area contributed by atoms with Crippen LogP contribution in [0.1, 0.15) is 40.9 Å². The summed E-state index contributed by atoms with van der Waals surface area (Å²) in [4.78, 5) is 0. The van der Waals surface area contributed by atoms with E-state index >= 15 is 0 Å². The molecule has 7 heteroatoms. The number of benzene rings is 1. The third-order valence-corrected chi connectivity index (χ3v) is 4.19. The van der Waals surface area contributed by atoms with Crippen molar-refractivity contribution in [2.45, 2.75) is 32.6 Å². The Balaban J connectivity index is 1.95. The molecule has 1 aromatic carbocycles. The van der Waals surface area contributed by atoms with Gasteiger partial charge in [0.2, 0.25) is 5.82 Å². The molecule has 0 aliphatic rings. The summed E-state index contributed by atoms with van der Waals surface area (Å²) in [6.07, 6.45) is -0.339. The smallest absolute Gasteiger partial charge is 0.200 e. The molecule has 0 aliphatic carbocycles. The third-order valence-electron chi connectivity index (χ3n) is 4.19. The van der Waals surface area contributed by atoms with Gasteiger partial charge in [-0.3, -0.25) is 0 Å². The zero-order valence-electron chi connectivity index (χ0n) is 14.0. The fourth-order valence-corrected chi connectivity index (χ4v) is 2.86. The molecule has 0 saturated heterocycles. The molecule has 0 bridgehead atoms. The second-order valence-corrected chi connectivity index (χ2v) is 6.04. The van der Waals surface area contributed by atoms with Crippen LogP contribution in [0.5, 0.6) is 0 Å². The highest BCUT2D eigenvalue weighted by atomic mass is 19.2. The van der Waals surface area contributed by atoms with Crippen molar-refractivity contribution in [1.29, 1.82) is 0 Å². The molecule has 0 saturated carbocycles. The van der Waals surface area contributed by atoms with Crippen molar-refractivity contribution in [2.75, 3.05) is 0 Å². The molecule has 3 aromatic rings. The molecule has 0 N–H and O–H groups in total. The van der Waals surface area contributed by atoms with Crippen LogP contribution in [0.15, 0.2) is 33.1 Å². The summed E-state index contributed by atoms with van der Waals surface area (Å²) in [6, 6.07) is 6.82. The van der Waals surface area contributed by atoms with Crippen molar-refractivity contribution < 1.29 is 30.8 Å². The van der Waals surface area contributed by atoms with Gasteiger partial charge >= 0.3 is 0 Å². The Hall–Kier alpha value is -2.57. The van der Waals surface area contributed by atoms with Gasteiger partial charge in [-0.15, -0.1) is 0 Å². The van der Waals surface area contributed by atoms with Gasteiger partial charge in [0.15, 0.2) is 23.3 Å². The highest BCUT2D eigenvalue weighted by molar-refractivity contribution is 5.27. The van der Waals surface area contributed by atoms with Crippen LogP contribution in [-0.2, 0) is 6.42 Å². The summed E-state index contributed by atoms with van der Waals surface area (Å²) >= 11 is 0. The van der Waals surface area contributed by atoms with Crippen LogP contribution in [-0.4, -0.2) is 0 Å². The lowest BCUT2D eigenvalue weighted by Crippen LogP contribution is -2.09. The Morgan fingerprint density at radius 2 is 1.12 bits per heavy atom. The molecular formula is C19H15F5O2. The lowest BCUT2D eigenvalue weighted by molar-refractivity contribution is 0.363. The molecule has 2 aromatic heterocycles. The minimum atomic E-state index is -2.16. The minimum absolute atomic E-state index is 0.0399. The van der Waals surface area contributed by atoms with E-state index in [9.17, 15) is 22.0 Å². The molecule has 26 heavy (non-hydrogen) atoms. The molecule has 2 heterocycles. The molecule has 0 unspecified atom stereocenters. The monoisotopic (exact) mass is 370 g/mol. The topological polar surface area (TPSA) is 26.3 Å². The first kappa shape index (κ1) is 18.2. The van der Waals surface area contributed by atoms with Crippen LogP contribution in [0, 0.1) is 42.9 Å². The SMILES string of the molecule is Cc1ccc(C(CCc2c(F)c(F)c(F)c(F)c2F)c2ccc(C)o2)o1. The van der Waals surface area contributed by atoms with E-state index < -0.39 is 40.6 Å². The number of furan rings is 2. The minimum Gasteiger partial charge on any atom is -0.466 e. The zero-order valence-corrected chi connectivity index (χ0v) is 14.0. The number of hydrogen-bond acceptors (Lipinski definition) is 2. The number of aryl methyl sites for hydroxylation is 2. The maximum absolute atomic E-state index is 13.9. The van der Waals surface area contributed by atoms with Gasteiger partial charge < -0.3 is 8.83 Å². The highest BCUT2D eigenvalue weighted by Gasteiger charge is 2.28. The van der Waals surface area contributed by atoms with Crippen molar-refractivity contribution in [2.24, 2.45) is 0 Å². The zero-order chi connectivity index (χ0) is 19.0. The molecule has 0 aliphatic heterocycles. The van der Waals surface area contributed by atoms with Gasteiger partial charge in [-0.1, -0.05) is 0 Å². The summed E-state index contributed by atoms with van der Waals surface area (Å²) in [5.41, 5.74) is -0.849. The standard InChI is InChI=1S/C19H15F5O2/c1-9-3-7-13(25-9)11(14-8-4-10(2)26-14)5-6-12-15(20)17(22)19(24)18(23)16(12)21/h3-4,7-8,11H,5-6H2,1-2H3. The predicted molar refractivity (Wildman–Crippen MR) is 83.3 cm³/mol. The van der Waals surface area contributed by atoms with E-state index in [1.807, 2.05) is 0 Å². The van der Waals surface area contributed by atoms with E-state index in [0.717, 1.165) is 0 Å². The van der Waals surface area contributed by atoms with Crippen LogP contribution >= 0.6 is 0 Å². The van der Waals surface area contributed by atoms with Gasteiger partial charge in [0, 0.05) is 5.56 Å². The summed E-state index contributed by atoms with van der Waals surface area (Å²) in [6.45, 7) is 3.47. The van der Waals surface area contributed by atoms with Crippen LogP contribution in [0.4, 0.5) is 22.0 Å². The Morgan fingerprint density at radius 3 is 1.50 bits per heavy atom. The van der Waals surface area contributed by atoms with Crippen molar-refractivity contribution in [3.8, 4) is 0 Å². The Morgan fingerprint density at radius 1 is 0.692 bits per heavy atom.